The summed E-state index contributed by atoms with van der Waals surface area (Å²) < 4.78 is 5.24. The highest BCUT2D eigenvalue weighted by atomic mass is 16.5. The molecule has 1 atom stereocenters. The van der Waals surface area contributed by atoms with Crippen molar-refractivity contribution >= 4 is 6.03 Å². The van der Waals surface area contributed by atoms with Gasteiger partial charge in [0.15, 0.2) is 0 Å². The minimum atomic E-state index is 0.0688. The zero-order chi connectivity index (χ0) is 12.1. The van der Waals surface area contributed by atoms with Crippen molar-refractivity contribution in [3.05, 3.63) is 0 Å². The summed E-state index contributed by atoms with van der Waals surface area (Å²) in [5.41, 5.74) is 0. The van der Waals surface area contributed by atoms with E-state index < -0.39 is 0 Å². The van der Waals surface area contributed by atoms with Gasteiger partial charge < -0.3 is 20.3 Å². The second-order valence-corrected chi connectivity index (χ2v) is 4.93. The van der Waals surface area contributed by atoms with Crippen molar-refractivity contribution in [1.29, 1.82) is 0 Å². The van der Waals surface area contributed by atoms with Crippen molar-refractivity contribution in [2.24, 2.45) is 5.92 Å². The smallest absolute Gasteiger partial charge is 0.317 e. The van der Waals surface area contributed by atoms with Crippen LogP contribution in [0.25, 0.3) is 0 Å². The second kappa shape index (κ2) is 6.21. The number of urea groups is 1. The maximum absolute atomic E-state index is 12.0. The molecule has 0 spiro atoms. The molecule has 2 aliphatic heterocycles. The third-order valence-corrected chi connectivity index (χ3v) is 3.74. The normalized spacial score (nSPS) is 24.4. The van der Waals surface area contributed by atoms with Crippen LogP contribution in [0.1, 0.15) is 19.8 Å². The predicted octanol–water partition coefficient (Wildman–Crippen LogP) is 0.416. The van der Waals surface area contributed by atoms with E-state index in [-0.39, 0.29) is 12.1 Å². The van der Waals surface area contributed by atoms with Crippen molar-refractivity contribution in [3.8, 4) is 0 Å². The van der Waals surface area contributed by atoms with Crippen LogP contribution >= 0.6 is 0 Å². The van der Waals surface area contributed by atoms with Gasteiger partial charge in [-0.25, -0.2) is 4.79 Å². The molecule has 1 unspecified atom stereocenters. The number of ether oxygens (including phenoxy) is 1. The average molecular weight is 241 g/mol. The average Bonchev–Trinajstić information content (AvgIpc) is 2.40. The number of carbonyl (C=O) groups is 1. The summed E-state index contributed by atoms with van der Waals surface area (Å²) >= 11 is 0. The Balaban J connectivity index is 1.76. The number of hydrogen-bond donors (Lipinski definition) is 2. The fourth-order valence-corrected chi connectivity index (χ4v) is 2.51. The Bertz CT molecular complexity index is 248. The third kappa shape index (κ3) is 3.57. The molecule has 2 rings (SSSR count). The first kappa shape index (κ1) is 12.6. The summed E-state index contributed by atoms with van der Waals surface area (Å²) in [6.07, 6.45) is 2.31. The van der Waals surface area contributed by atoms with E-state index in [0.29, 0.717) is 32.2 Å². The minimum Gasteiger partial charge on any atom is -0.378 e. The summed E-state index contributed by atoms with van der Waals surface area (Å²) in [5, 5.41) is 6.47. The first-order valence-corrected chi connectivity index (χ1v) is 6.61. The molecule has 5 nitrogen and oxygen atoms in total. The van der Waals surface area contributed by atoms with E-state index in [1.165, 1.54) is 0 Å². The summed E-state index contributed by atoms with van der Waals surface area (Å²) in [7, 11) is 0. The number of piperidine rings is 1. The Hall–Kier alpha value is -0.810. The number of nitrogens with zero attached hydrogens (tertiary/aromatic N) is 1. The fourth-order valence-electron chi connectivity index (χ4n) is 2.51. The van der Waals surface area contributed by atoms with Gasteiger partial charge in [0, 0.05) is 19.1 Å². The Kier molecular flexibility index (Phi) is 4.62. The minimum absolute atomic E-state index is 0.0688. The van der Waals surface area contributed by atoms with Gasteiger partial charge in [-0.05, 0) is 38.8 Å². The Morgan fingerprint density at radius 3 is 2.65 bits per heavy atom. The highest BCUT2D eigenvalue weighted by Gasteiger charge is 2.24. The molecule has 2 N–H and O–H groups in total. The summed E-state index contributed by atoms with van der Waals surface area (Å²) in [6, 6.07) is 0.340. The van der Waals surface area contributed by atoms with E-state index in [2.05, 4.69) is 17.6 Å². The van der Waals surface area contributed by atoms with Crippen molar-refractivity contribution < 1.29 is 9.53 Å². The van der Waals surface area contributed by atoms with E-state index in [1.54, 1.807) is 0 Å². The number of amides is 2. The third-order valence-electron chi connectivity index (χ3n) is 3.74. The molecule has 0 radical (unpaired) electrons. The molecule has 98 valence electrons. The molecule has 5 heteroatoms. The molecule has 0 bridgehead atoms. The van der Waals surface area contributed by atoms with Crippen molar-refractivity contribution in [3.63, 3.8) is 0 Å². The van der Waals surface area contributed by atoms with Gasteiger partial charge in [0.05, 0.1) is 13.2 Å². The highest BCUT2D eigenvalue weighted by Crippen LogP contribution is 2.16. The topological polar surface area (TPSA) is 53.6 Å². The monoisotopic (exact) mass is 241 g/mol. The van der Waals surface area contributed by atoms with Gasteiger partial charge in [-0.15, -0.1) is 0 Å². The molecule has 2 fully saturated rings. The lowest BCUT2D eigenvalue weighted by molar-refractivity contribution is 0.0519. The largest absolute Gasteiger partial charge is 0.378 e. The Labute approximate surface area is 103 Å². The Morgan fingerprint density at radius 2 is 2.00 bits per heavy atom. The van der Waals surface area contributed by atoms with Crippen LogP contribution in [0.15, 0.2) is 0 Å². The van der Waals surface area contributed by atoms with E-state index in [4.69, 9.17) is 4.74 Å². The lowest BCUT2D eigenvalue weighted by Crippen LogP contribution is -2.51. The zero-order valence-electron chi connectivity index (χ0n) is 10.6. The van der Waals surface area contributed by atoms with Crippen LogP contribution < -0.4 is 10.6 Å². The lowest BCUT2D eigenvalue weighted by Gasteiger charge is -2.32. The Morgan fingerprint density at radius 1 is 1.35 bits per heavy atom. The van der Waals surface area contributed by atoms with Gasteiger partial charge in [-0.3, -0.25) is 0 Å². The van der Waals surface area contributed by atoms with Crippen molar-refractivity contribution in [1.82, 2.24) is 15.5 Å². The van der Waals surface area contributed by atoms with Crippen LogP contribution in [0.4, 0.5) is 4.79 Å². The highest BCUT2D eigenvalue weighted by molar-refractivity contribution is 5.74. The summed E-state index contributed by atoms with van der Waals surface area (Å²) in [6.45, 7) is 7.01. The van der Waals surface area contributed by atoms with Crippen LogP contribution in [0.5, 0.6) is 0 Å². The number of hydrogen-bond acceptors (Lipinski definition) is 3. The van der Waals surface area contributed by atoms with E-state index in [1.807, 2.05) is 4.90 Å². The molecule has 0 aliphatic carbocycles. The number of nitrogens with one attached hydrogen (secondary N) is 2. The van der Waals surface area contributed by atoms with Crippen molar-refractivity contribution in [2.45, 2.75) is 25.8 Å². The molecule has 2 saturated heterocycles. The van der Waals surface area contributed by atoms with Crippen molar-refractivity contribution in [2.75, 3.05) is 39.4 Å². The molecule has 0 aromatic carbocycles. The molecular weight excluding hydrogens is 218 g/mol. The molecule has 0 aromatic rings. The molecule has 17 heavy (non-hydrogen) atoms. The molecule has 0 saturated carbocycles. The molecule has 2 heterocycles. The first-order valence-electron chi connectivity index (χ1n) is 6.61. The number of carbonyl (C=O) groups excluding carboxylic acids is 1. The molecule has 2 amide bonds. The summed E-state index contributed by atoms with van der Waals surface area (Å²) in [5.74, 6) is 0.612. The van der Waals surface area contributed by atoms with Gasteiger partial charge in [0.2, 0.25) is 0 Å². The quantitative estimate of drug-likeness (QED) is 0.736. The standard InChI is InChI=1S/C12H23N3O2/c1-10(11-2-4-13-5-3-11)14-12(16)15-6-8-17-9-7-15/h10-11,13H,2-9H2,1H3,(H,14,16). The maximum atomic E-state index is 12.0. The van der Waals surface area contributed by atoms with Crippen LogP contribution in [0.3, 0.4) is 0 Å². The van der Waals surface area contributed by atoms with Gasteiger partial charge in [0.1, 0.15) is 0 Å². The van der Waals surface area contributed by atoms with Gasteiger partial charge in [0.25, 0.3) is 0 Å². The number of rotatable bonds is 2. The van der Waals surface area contributed by atoms with Crippen LogP contribution in [-0.4, -0.2) is 56.4 Å². The number of morpholine rings is 1. The molecular formula is C12H23N3O2. The SMILES string of the molecule is CC(NC(=O)N1CCOCC1)C1CCNCC1. The van der Waals surface area contributed by atoms with Crippen LogP contribution in [0, 0.1) is 5.92 Å². The lowest BCUT2D eigenvalue weighted by atomic mass is 9.91. The van der Waals surface area contributed by atoms with E-state index in [0.717, 1.165) is 25.9 Å². The summed E-state index contributed by atoms with van der Waals surface area (Å²) in [4.78, 5) is 13.8. The van der Waals surface area contributed by atoms with Crippen LogP contribution in [0.2, 0.25) is 0 Å². The van der Waals surface area contributed by atoms with Crippen LogP contribution in [-0.2, 0) is 4.74 Å². The second-order valence-electron chi connectivity index (χ2n) is 4.93. The predicted molar refractivity (Wildman–Crippen MR) is 66.0 cm³/mol. The maximum Gasteiger partial charge on any atom is 0.317 e. The fraction of sp³-hybridized carbons (Fsp3) is 0.917. The molecule has 0 aromatic heterocycles. The van der Waals surface area contributed by atoms with E-state index >= 15 is 0 Å². The zero-order valence-corrected chi connectivity index (χ0v) is 10.6. The van der Waals surface area contributed by atoms with E-state index in [9.17, 15) is 4.79 Å². The van der Waals surface area contributed by atoms with Gasteiger partial charge in [-0.1, -0.05) is 0 Å². The van der Waals surface area contributed by atoms with Gasteiger partial charge in [-0.2, -0.15) is 0 Å². The first-order chi connectivity index (χ1) is 8.27. The van der Waals surface area contributed by atoms with Gasteiger partial charge >= 0.3 is 6.03 Å². The molecule has 2 aliphatic rings.